The molecule has 0 radical (unpaired) electrons. The highest BCUT2D eigenvalue weighted by atomic mass is 32.2. The van der Waals surface area contributed by atoms with Crippen LogP contribution < -0.4 is 15.5 Å². The molecular weight excluding hydrogens is 434 g/mol. The van der Waals surface area contributed by atoms with E-state index in [1.807, 2.05) is 74.5 Å². The first-order valence-corrected chi connectivity index (χ1v) is 11.5. The lowest BCUT2D eigenvalue weighted by atomic mass is 10.1. The lowest BCUT2D eigenvalue weighted by Crippen LogP contribution is -2.31. The summed E-state index contributed by atoms with van der Waals surface area (Å²) in [7, 11) is 0. The molecule has 0 aromatic heterocycles. The molecule has 0 saturated heterocycles. The number of carbonyl (C=O) groups excluding carboxylic acids is 2. The number of hydrogen-bond donors (Lipinski definition) is 2. The Morgan fingerprint density at radius 3 is 2.24 bits per heavy atom. The molecule has 0 fully saturated rings. The van der Waals surface area contributed by atoms with Crippen molar-refractivity contribution in [3.05, 3.63) is 96.1 Å². The molecule has 170 valence electrons. The van der Waals surface area contributed by atoms with Gasteiger partial charge in [-0.25, -0.2) is 5.43 Å². The summed E-state index contributed by atoms with van der Waals surface area (Å²) in [4.78, 5) is 25.4. The van der Waals surface area contributed by atoms with Gasteiger partial charge in [-0.15, -0.1) is 11.8 Å². The zero-order chi connectivity index (χ0) is 23.5. The minimum absolute atomic E-state index is 0.0718. The molecule has 2 atom stereocenters. The van der Waals surface area contributed by atoms with Crippen molar-refractivity contribution in [2.45, 2.75) is 30.0 Å². The zero-order valence-electron chi connectivity index (χ0n) is 18.6. The van der Waals surface area contributed by atoms with Crippen LogP contribution in [0.15, 0.2) is 94.9 Å². The SMILES string of the molecule is C[C@H](Sc1ccccc1)C(=O)N/N=C\c1ccc(OCC(=O)N[C@@H](C)c2ccccc2)cc1. The van der Waals surface area contributed by atoms with Crippen LogP contribution in [0, 0.1) is 0 Å². The van der Waals surface area contributed by atoms with Crippen molar-refractivity contribution in [2.75, 3.05) is 6.61 Å². The Hall–Kier alpha value is -3.58. The number of ether oxygens (including phenoxy) is 1. The summed E-state index contributed by atoms with van der Waals surface area (Å²) in [5.74, 6) is 0.213. The molecule has 0 aliphatic heterocycles. The number of hydrazone groups is 1. The minimum Gasteiger partial charge on any atom is -0.484 e. The molecule has 0 saturated carbocycles. The van der Waals surface area contributed by atoms with Gasteiger partial charge in [-0.2, -0.15) is 5.10 Å². The minimum atomic E-state index is -0.268. The molecule has 0 bridgehead atoms. The van der Waals surface area contributed by atoms with Crippen LogP contribution in [0.3, 0.4) is 0 Å². The van der Waals surface area contributed by atoms with Crippen molar-refractivity contribution >= 4 is 29.8 Å². The Balaban J connectivity index is 1.40. The van der Waals surface area contributed by atoms with E-state index in [-0.39, 0.29) is 29.7 Å². The van der Waals surface area contributed by atoms with Crippen molar-refractivity contribution in [1.82, 2.24) is 10.7 Å². The van der Waals surface area contributed by atoms with Gasteiger partial charge in [-0.05, 0) is 61.4 Å². The second-order valence-electron chi connectivity index (χ2n) is 7.36. The van der Waals surface area contributed by atoms with Crippen LogP contribution in [0.25, 0.3) is 0 Å². The molecule has 2 amide bonds. The predicted octanol–water partition coefficient (Wildman–Crippen LogP) is 4.57. The van der Waals surface area contributed by atoms with Crippen molar-refractivity contribution in [1.29, 1.82) is 0 Å². The van der Waals surface area contributed by atoms with E-state index in [9.17, 15) is 9.59 Å². The molecule has 0 unspecified atom stereocenters. The fraction of sp³-hybridized carbons (Fsp3) is 0.192. The number of thioether (sulfide) groups is 1. The standard InChI is InChI=1S/C26H27N3O3S/c1-19(22-9-5-3-6-10-22)28-25(30)18-32-23-15-13-21(14-16-23)17-27-29-26(31)20(2)33-24-11-7-4-8-12-24/h3-17,19-20H,18H2,1-2H3,(H,28,30)(H,29,31)/b27-17-/t19-,20-/m0/s1. The number of rotatable bonds is 10. The number of benzene rings is 3. The normalized spacial score (nSPS) is 12.7. The Morgan fingerprint density at radius 2 is 1.58 bits per heavy atom. The number of hydrogen-bond acceptors (Lipinski definition) is 5. The summed E-state index contributed by atoms with van der Waals surface area (Å²) in [6.45, 7) is 3.70. The van der Waals surface area contributed by atoms with Crippen LogP contribution in [-0.2, 0) is 9.59 Å². The van der Waals surface area contributed by atoms with Crippen LogP contribution >= 0.6 is 11.8 Å². The molecule has 3 rings (SSSR count). The fourth-order valence-corrected chi connectivity index (χ4v) is 3.81. The number of amides is 2. The smallest absolute Gasteiger partial charge is 0.258 e. The molecule has 3 aromatic carbocycles. The van der Waals surface area contributed by atoms with Gasteiger partial charge in [0.1, 0.15) is 5.75 Å². The van der Waals surface area contributed by atoms with E-state index in [1.54, 1.807) is 30.5 Å². The lowest BCUT2D eigenvalue weighted by molar-refractivity contribution is -0.123. The highest BCUT2D eigenvalue weighted by Crippen LogP contribution is 2.22. The molecule has 0 spiro atoms. The molecular formula is C26H27N3O3S. The van der Waals surface area contributed by atoms with E-state index in [0.717, 1.165) is 16.0 Å². The maximum absolute atomic E-state index is 12.2. The van der Waals surface area contributed by atoms with Gasteiger partial charge >= 0.3 is 0 Å². The second-order valence-corrected chi connectivity index (χ2v) is 8.78. The van der Waals surface area contributed by atoms with Crippen LogP contribution in [0.4, 0.5) is 0 Å². The monoisotopic (exact) mass is 461 g/mol. The van der Waals surface area contributed by atoms with Crippen LogP contribution in [0.2, 0.25) is 0 Å². The summed E-state index contributed by atoms with van der Waals surface area (Å²) >= 11 is 1.47. The molecule has 3 aromatic rings. The average Bonchev–Trinajstić information content (AvgIpc) is 2.84. The van der Waals surface area contributed by atoms with E-state index in [1.165, 1.54) is 11.8 Å². The number of nitrogens with one attached hydrogen (secondary N) is 2. The highest BCUT2D eigenvalue weighted by molar-refractivity contribution is 8.00. The largest absolute Gasteiger partial charge is 0.484 e. The van der Waals surface area contributed by atoms with E-state index >= 15 is 0 Å². The van der Waals surface area contributed by atoms with E-state index in [2.05, 4.69) is 15.8 Å². The molecule has 7 heteroatoms. The molecule has 0 aliphatic rings. The van der Waals surface area contributed by atoms with E-state index < -0.39 is 0 Å². The first kappa shape index (κ1) is 24.1. The quantitative estimate of drug-likeness (QED) is 0.263. The maximum atomic E-state index is 12.2. The molecule has 6 nitrogen and oxygen atoms in total. The first-order chi connectivity index (χ1) is 16.0. The summed E-state index contributed by atoms with van der Waals surface area (Å²) < 4.78 is 5.56. The molecule has 0 aliphatic carbocycles. The van der Waals surface area contributed by atoms with Crippen molar-refractivity contribution in [3.63, 3.8) is 0 Å². The van der Waals surface area contributed by atoms with Crippen molar-refractivity contribution in [2.24, 2.45) is 5.10 Å². The summed E-state index contributed by atoms with van der Waals surface area (Å²) in [6.07, 6.45) is 1.57. The van der Waals surface area contributed by atoms with Crippen LogP contribution in [-0.4, -0.2) is 29.9 Å². The fourth-order valence-electron chi connectivity index (χ4n) is 2.93. The van der Waals surface area contributed by atoms with Gasteiger partial charge in [0.05, 0.1) is 17.5 Å². The number of carbonyl (C=O) groups is 2. The topological polar surface area (TPSA) is 79.8 Å². The Bertz CT molecular complexity index is 1060. The number of nitrogens with zero attached hydrogens (tertiary/aromatic N) is 1. The molecule has 0 heterocycles. The van der Waals surface area contributed by atoms with Gasteiger partial charge in [0.15, 0.2) is 6.61 Å². The van der Waals surface area contributed by atoms with E-state index in [4.69, 9.17) is 4.74 Å². The molecule has 2 N–H and O–H groups in total. The Labute approximate surface area is 198 Å². The van der Waals surface area contributed by atoms with Gasteiger partial charge < -0.3 is 10.1 Å². The first-order valence-electron chi connectivity index (χ1n) is 10.6. The van der Waals surface area contributed by atoms with Gasteiger partial charge in [0.25, 0.3) is 11.8 Å². The lowest BCUT2D eigenvalue weighted by Gasteiger charge is -2.14. The zero-order valence-corrected chi connectivity index (χ0v) is 19.4. The van der Waals surface area contributed by atoms with Crippen molar-refractivity contribution < 1.29 is 14.3 Å². The third kappa shape index (κ3) is 8.12. The Kier molecular flexibility index (Phi) is 9.08. The Morgan fingerprint density at radius 1 is 0.939 bits per heavy atom. The predicted molar refractivity (Wildman–Crippen MR) is 132 cm³/mol. The summed E-state index contributed by atoms with van der Waals surface area (Å²) in [5, 5.41) is 6.67. The third-order valence-corrected chi connectivity index (χ3v) is 5.85. The van der Waals surface area contributed by atoms with Gasteiger partial charge in [-0.1, -0.05) is 48.5 Å². The van der Waals surface area contributed by atoms with Gasteiger partial charge in [-0.3, -0.25) is 9.59 Å². The maximum Gasteiger partial charge on any atom is 0.258 e. The molecule has 33 heavy (non-hydrogen) atoms. The highest BCUT2D eigenvalue weighted by Gasteiger charge is 2.13. The van der Waals surface area contributed by atoms with E-state index in [0.29, 0.717) is 5.75 Å². The average molecular weight is 462 g/mol. The van der Waals surface area contributed by atoms with Gasteiger partial charge in [0, 0.05) is 4.90 Å². The second kappa shape index (κ2) is 12.5. The van der Waals surface area contributed by atoms with Crippen LogP contribution in [0.5, 0.6) is 5.75 Å². The van der Waals surface area contributed by atoms with Crippen molar-refractivity contribution in [3.8, 4) is 5.75 Å². The summed E-state index contributed by atoms with van der Waals surface area (Å²) in [5.41, 5.74) is 4.40. The summed E-state index contributed by atoms with van der Waals surface area (Å²) in [6, 6.07) is 26.5. The third-order valence-electron chi connectivity index (χ3n) is 4.74. The van der Waals surface area contributed by atoms with Crippen LogP contribution in [0.1, 0.15) is 31.0 Å². The van der Waals surface area contributed by atoms with Gasteiger partial charge in [0.2, 0.25) is 0 Å².